The summed E-state index contributed by atoms with van der Waals surface area (Å²) in [6.07, 6.45) is 1.37. The second-order valence-corrected chi connectivity index (χ2v) is 3.49. The molecule has 0 bridgehead atoms. The maximum absolute atomic E-state index is 11.5. The van der Waals surface area contributed by atoms with E-state index in [9.17, 15) is 4.79 Å². The van der Waals surface area contributed by atoms with E-state index in [0.717, 1.165) is 5.56 Å². The molecular formula is C10H17N5O. The van der Waals surface area contributed by atoms with E-state index in [4.69, 9.17) is 5.73 Å². The smallest absolute Gasteiger partial charge is 0.241 e. The van der Waals surface area contributed by atoms with Gasteiger partial charge in [0.15, 0.2) is 0 Å². The van der Waals surface area contributed by atoms with Crippen LogP contribution in [0.2, 0.25) is 0 Å². The fourth-order valence-corrected chi connectivity index (χ4v) is 1.11. The van der Waals surface area contributed by atoms with E-state index in [1.54, 1.807) is 11.9 Å². The third-order valence-electron chi connectivity index (χ3n) is 2.43. The van der Waals surface area contributed by atoms with Gasteiger partial charge in [0, 0.05) is 19.2 Å². The Morgan fingerprint density at radius 3 is 2.88 bits per heavy atom. The molecule has 16 heavy (non-hydrogen) atoms. The summed E-state index contributed by atoms with van der Waals surface area (Å²) in [7, 11) is 1.76. The lowest BCUT2D eigenvalue weighted by Gasteiger charge is -2.15. The van der Waals surface area contributed by atoms with Gasteiger partial charge in [-0.25, -0.2) is 9.97 Å². The first-order valence-electron chi connectivity index (χ1n) is 5.11. The van der Waals surface area contributed by atoms with Crippen molar-refractivity contribution in [1.82, 2.24) is 14.9 Å². The first-order valence-corrected chi connectivity index (χ1v) is 5.11. The topological polar surface area (TPSA) is 84.1 Å². The molecular weight excluding hydrogens is 206 g/mol. The molecule has 1 amide bonds. The number of carbonyl (C=O) groups excluding carboxylic acids is 1. The van der Waals surface area contributed by atoms with Crippen LogP contribution in [0.25, 0.3) is 0 Å². The highest BCUT2D eigenvalue weighted by Crippen LogP contribution is 2.14. The molecule has 1 aromatic rings. The van der Waals surface area contributed by atoms with Crippen molar-refractivity contribution in [3.8, 4) is 0 Å². The van der Waals surface area contributed by atoms with Gasteiger partial charge in [-0.2, -0.15) is 0 Å². The molecule has 0 aliphatic rings. The quantitative estimate of drug-likeness (QED) is 0.764. The zero-order chi connectivity index (χ0) is 12.1. The number of anilines is 2. The Morgan fingerprint density at radius 1 is 1.56 bits per heavy atom. The largest absolute Gasteiger partial charge is 0.383 e. The van der Waals surface area contributed by atoms with Gasteiger partial charge >= 0.3 is 0 Å². The first-order chi connectivity index (χ1) is 7.56. The highest BCUT2D eigenvalue weighted by molar-refractivity contribution is 5.80. The maximum Gasteiger partial charge on any atom is 0.241 e. The van der Waals surface area contributed by atoms with Crippen molar-refractivity contribution in [2.75, 3.05) is 31.2 Å². The standard InChI is InChI=1S/C10H17N5O/c1-4-15(3)8(16)5-12-10-7(2)9(11)13-6-14-10/h6H,4-5H2,1-3H3,(H3,11,12,13,14). The Kier molecular flexibility index (Phi) is 4.04. The van der Waals surface area contributed by atoms with E-state index >= 15 is 0 Å². The lowest BCUT2D eigenvalue weighted by molar-refractivity contribution is -0.127. The lowest BCUT2D eigenvalue weighted by Crippen LogP contribution is -2.32. The highest BCUT2D eigenvalue weighted by atomic mass is 16.2. The Labute approximate surface area is 94.9 Å². The van der Waals surface area contributed by atoms with Crippen LogP contribution in [0.5, 0.6) is 0 Å². The number of hydrogen-bond donors (Lipinski definition) is 2. The van der Waals surface area contributed by atoms with Crippen LogP contribution in [0.3, 0.4) is 0 Å². The number of nitrogens with zero attached hydrogens (tertiary/aromatic N) is 3. The number of nitrogen functional groups attached to an aromatic ring is 1. The van der Waals surface area contributed by atoms with Crippen molar-refractivity contribution < 1.29 is 4.79 Å². The van der Waals surface area contributed by atoms with E-state index in [-0.39, 0.29) is 12.5 Å². The normalized spacial score (nSPS) is 9.94. The van der Waals surface area contributed by atoms with Crippen molar-refractivity contribution in [2.24, 2.45) is 0 Å². The lowest BCUT2D eigenvalue weighted by atomic mass is 10.3. The third kappa shape index (κ3) is 2.82. The number of hydrogen-bond acceptors (Lipinski definition) is 5. The van der Waals surface area contributed by atoms with E-state index in [1.165, 1.54) is 6.33 Å². The van der Waals surface area contributed by atoms with Gasteiger partial charge in [0.2, 0.25) is 5.91 Å². The van der Waals surface area contributed by atoms with Crippen LogP contribution in [-0.4, -0.2) is 40.9 Å². The average molecular weight is 223 g/mol. The minimum atomic E-state index is 0.0130. The fourth-order valence-electron chi connectivity index (χ4n) is 1.11. The van der Waals surface area contributed by atoms with Crippen LogP contribution in [0.15, 0.2) is 6.33 Å². The SMILES string of the molecule is CCN(C)C(=O)CNc1ncnc(N)c1C. The number of aromatic nitrogens is 2. The van der Waals surface area contributed by atoms with E-state index in [0.29, 0.717) is 18.2 Å². The molecule has 0 radical (unpaired) electrons. The molecule has 0 aliphatic heterocycles. The van der Waals surface area contributed by atoms with Gasteiger partial charge in [-0.05, 0) is 13.8 Å². The average Bonchev–Trinajstić information content (AvgIpc) is 2.29. The summed E-state index contributed by atoms with van der Waals surface area (Å²) < 4.78 is 0. The molecule has 0 spiro atoms. The first kappa shape index (κ1) is 12.2. The molecule has 0 unspecified atom stereocenters. The molecule has 6 heteroatoms. The molecule has 3 N–H and O–H groups in total. The number of amides is 1. The van der Waals surface area contributed by atoms with Crippen LogP contribution in [-0.2, 0) is 4.79 Å². The van der Waals surface area contributed by atoms with Crippen LogP contribution >= 0.6 is 0 Å². The van der Waals surface area contributed by atoms with Crippen molar-refractivity contribution in [2.45, 2.75) is 13.8 Å². The Morgan fingerprint density at radius 2 is 2.25 bits per heavy atom. The van der Waals surface area contributed by atoms with Crippen molar-refractivity contribution in [3.05, 3.63) is 11.9 Å². The Hall–Kier alpha value is -1.85. The van der Waals surface area contributed by atoms with Crippen molar-refractivity contribution in [3.63, 3.8) is 0 Å². The van der Waals surface area contributed by atoms with Crippen molar-refractivity contribution in [1.29, 1.82) is 0 Å². The molecule has 1 rings (SSSR count). The van der Waals surface area contributed by atoms with Crippen LogP contribution in [0.1, 0.15) is 12.5 Å². The summed E-state index contributed by atoms with van der Waals surface area (Å²) in [6, 6.07) is 0. The second-order valence-electron chi connectivity index (χ2n) is 3.49. The summed E-state index contributed by atoms with van der Waals surface area (Å²) in [5.74, 6) is 1.04. The molecule has 0 aliphatic carbocycles. The minimum absolute atomic E-state index is 0.0130. The monoisotopic (exact) mass is 223 g/mol. The molecule has 0 atom stereocenters. The molecule has 0 saturated carbocycles. The second kappa shape index (κ2) is 5.29. The third-order valence-corrected chi connectivity index (χ3v) is 2.43. The van der Waals surface area contributed by atoms with Gasteiger partial charge in [-0.15, -0.1) is 0 Å². The van der Waals surface area contributed by atoms with Gasteiger partial charge in [-0.1, -0.05) is 0 Å². The summed E-state index contributed by atoms with van der Waals surface area (Å²) >= 11 is 0. The van der Waals surface area contributed by atoms with Crippen LogP contribution < -0.4 is 11.1 Å². The minimum Gasteiger partial charge on any atom is -0.383 e. The molecule has 1 aromatic heterocycles. The van der Waals surface area contributed by atoms with Gasteiger partial charge in [0.25, 0.3) is 0 Å². The van der Waals surface area contributed by atoms with Crippen LogP contribution in [0.4, 0.5) is 11.6 Å². The fraction of sp³-hybridized carbons (Fsp3) is 0.500. The maximum atomic E-state index is 11.5. The highest BCUT2D eigenvalue weighted by Gasteiger charge is 2.08. The predicted octanol–water partition coefficient (Wildman–Crippen LogP) is 0.257. The van der Waals surface area contributed by atoms with Gasteiger partial charge < -0.3 is 16.0 Å². The van der Waals surface area contributed by atoms with E-state index in [1.807, 2.05) is 13.8 Å². The summed E-state index contributed by atoms with van der Waals surface area (Å²) in [6.45, 7) is 4.63. The van der Waals surface area contributed by atoms with Crippen molar-refractivity contribution >= 4 is 17.5 Å². The van der Waals surface area contributed by atoms with Gasteiger partial charge in [-0.3, -0.25) is 4.79 Å². The van der Waals surface area contributed by atoms with Crippen LogP contribution in [0, 0.1) is 6.92 Å². The molecule has 0 saturated heterocycles. The Bertz CT molecular complexity index is 379. The summed E-state index contributed by atoms with van der Waals surface area (Å²) in [4.78, 5) is 21.0. The summed E-state index contributed by atoms with van der Waals surface area (Å²) in [5, 5.41) is 2.95. The van der Waals surface area contributed by atoms with E-state index < -0.39 is 0 Å². The molecule has 88 valence electrons. The number of carbonyl (C=O) groups is 1. The zero-order valence-corrected chi connectivity index (χ0v) is 9.82. The Balaban J connectivity index is 2.61. The number of likely N-dealkylation sites (N-methyl/N-ethyl adjacent to an activating group) is 1. The molecule has 0 aromatic carbocycles. The molecule has 1 heterocycles. The molecule has 0 fully saturated rings. The zero-order valence-electron chi connectivity index (χ0n) is 9.82. The number of rotatable bonds is 4. The van der Waals surface area contributed by atoms with E-state index in [2.05, 4.69) is 15.3 Å². The summed E-state index contributed by atoms with van der Waals surface area (Å²) in [5.41, 5.74) is 6.39. The molecule has 6 nitrogen and oxygen atoms in total. The predicted molar refractivity (Wildman–Crippen MR) is 63.0 cm³/mol. The number of nitrogens with two attached hydrogens (primary N) is 1. The van der Waals surface area contributed by atoms with Gasteiger partial charge in [0.1, 0.15) is 18.0 Å². The number of nitrogens with one attached hydrogen (secondary N) is 1. The van der Waals surface area contributed by atoms with Gasteiger partial charge in [0.05, 0.1) is 6.54 Å².